The van der Waals surface area contributed by atoms with Crippen LogP contribution >= 0.6 is 0 Å². The Morgan fingerprint density at radius 1 is 1.48 bits per heavy atom. The highest BCUT2D eigenvalue weighted by Crippen LogP contribution is 2.21. The molecule has 1 saturated heterocycles. The van der Waals surface area contributed by atoms with Crippen LogP contribution in [0.15, 0.2) is 18.3 Å². The fourth-order valence-corrected chi connectivity index (χ4v) is 2.94. The number of likely N-dealkylation sites (N-methyl/N-ethyl adjacent to an activating group) is 2. The maximum atomic E-state index is 4.48. The average molecular weight is 290 g/mol. The fourth-order valence-electron chi connectivity index (χ4n) is 2.94. The number of nitrogens with zero attached hydrogens (tertiary/aromatic N) is 3. The van der Waals surface area contributed by atoms with E-state index in [2.05, 4.69) is 60.2 Å². The van der Waals surface area contributed by atoms with Gasteiger partial charge in [0, 0.05) is 38.1 Å². The Labute approximate surface area is 129 Å². The number of hydrogen-bond donors (Lipinski definition) is 1. The molecule has 0 radical (unpaired) electrons. The summed E-state index contributed by atoms with van der Waals surface area (Å²) in [4.78, 5) is 9.33. The molecule has 1 unspecified atom stereocenters. The van der Waals surface area contributed by atoms with Gasteiger partial charge in [0.15, 0.2) is 0 Å². The van der Waals surface area contributed by atoms with E-state index >= 15 is 0 Å². The van der Waals surface area contributed by atoms with Gasteiger partial charge in [0.25, 0.3) is 0 Å². The van der Waals surface area contributed by atoms with Gasteiger partial charge in [0.1, 0.15) is 0 Å². The third kappa shape index (κ3) is 4.97. The third-order valence-electron chi connectivity index (χ3n) is 4.21. The summed E-state index contributed by atoms with van der Waals surface area (Å²) in [5.41, 5.74) is 2.41. The molecule has 118 valence electrons. The Bertz CT molecular complexity index is 433. The first-order valence-electron chi connectivity index (χ1n) is 8.13. The lowest BCUT2D eigenvalue weighted by Crippen LogP contribution is -2.45. The second kappa shape index (κ2) is 7.76. The second-order valence-electron chi connectivity index (χ2n) is 6.70. The van der Waals surface area contributed by atoms with Crippen LogP contribution in [0.4, 0.5) is 5.69 Å². The van der Waals surface area contributed by atoms with E-state index in [9.17, 15) is 0 Å². The largest absolute Gasteiger partial charge is 0.370 e. The van der Waals surface area contributed by atoms with Gasteiger partial charge in [-0.15, -0.1) is 0 Å². The number of hydrogen-bond acceptors (Lipinski definition) is 4. The maximum absolute atomic E-state index is 4.48. The first-order valence-corrected chi connectivity index (χ1v) is 8.13. The zero-order valence-corrected chi connectivity index (χ0v) is 14.0. The van der Waals surface area contributed by atoms with Gasteiger partial charge in [-0.3, -0.25) is 4.98 Å². The Kier molecular flexibility index (Phi) is 6.00. The summed E-state index contributed by atoms with van der Waals surface area (Å²) >= 11 is 0. The van der Waals surface area contributed by atoms with E-state index in [1.165, 1.54) is 25.1 Å². The van der Waals surface area contributed by atoms with Crippen molar-refractivity contribution in [3.8, 4) is 0 Å². The predicted octanol–water partition coefficient (Wildman–Crippen LogP) is 2.36. The van der Waals surface area contributed by atoms with Crippen LogP contribution in [0.25, 0.3) is 0 Å². The molecule has 2 heterocycles. The first kappa shape index (κ1) is 16.2. The Morgan fingerprint density at radius 2 is 2.29 bits per heavy atom. The summed E-state index contributed by atoms with van der Waals surface area (Å²) in [5, 5.41) is 3.46. The minimum Gasteiger partial charge on any atom is -0.370 e. The van der Waals surface area contributed by atoms with Crippen LogP contribution in [0.2, 0.25) is 0 Å². The lowest BCUT2D eigenvalue weighted by molar-refractivity contribution is 0.248. The standard InChI is InChI=1S/C17H30N4/c1-14(2)11-18-12-15-10-16(7-8-19-15)21(4)17-6-5-9-20(3)13-17/h7-8,10,14,17-18H,5-6,9,11-13H2,1-4H3. The molecule has 0 aromatic carbocycles. The number of aromatic nitrogens is 1. The van der Waals surface area contributed by atoms with Crippen molar-refractivity contribution in [1.82, 2.24) is 15.2 Å². The predicted molar refractivity (Wildman–Crippen MR) is 89.7 cm³/mol. The highest BCUT2D eigenvalue weighted by Gasteiger charge is 2.21. The molecule has 1 aromatic heterocycles. The minimum absolute atomic E-state index is 0.614. The minimum atomic E-state index is 0.614. The van der Waals surface area contributed by atoms with Gasteiger partial charge in [-0.05, 0) is 51.0 Å². The summed E-state index contributed by atoms with van der Waals surface area (Å²) in [6.45, 7) is 8.72. The molecule has 1 N–H and O–H groups in total. The molecule has 0 saturated carbocycles. The molecule has 4 heteroatoms. The van der Waals surface area contributed by atoms with Gasteiger partial charge in [0.2, 0.25) is 0 Å². The van der Waals surface area contributed by atoms with Crippen LogP contribution in [0.3, 0.4) is 0 Å². The van der Waals surface area contributed by atoms with E-state index in [1.807, 2.05) is 6.20 Å². The van der Waals surface area contributed by atoms with Gasteiger partial charge < -0.3 is 15.1 Å². The summed E-state index contributed by atoms with van der Waals surface area (Å²) < 4.78 is 0. The maximum Gasteiger partial charge on any atom is 0.0562 e. The van der Waals surface area contributed by atoms with Crippen molar-refractivity contribution in [2.24, 2.45) is 5.92 Å². The number of rotatable bonds is 6. The molecule has 1 aliphatic rings. The number of likely N-dealkylation sites (tertiary alicyclic amines) is 1. The monoisotopic (exact) mass is 290 g/mol. The lowest BCUT2D eigenvalue weighted by Gasteiger charge is -2.37. The van der Waals surface area contributed by atoms with Crippen LogP contribution in [0.1, 0.15) is 32.4 Å². The number of pyridine rings is 1. The van der Waals surface area contributed by atoms with E-state index in [0.29, 0.717) is 12.0 Å². The molecule has 0 amide bonds. The summed E-state index contributed by atoms with van der Waals surface area (Å²) in [6.07, 6.45) is 4.51. The highest BCUT2D eigenvalue weighted by molar-refractivity contribution is 5.47. The normalized spacial score (nSPS) is 20.0. The van der Waals surface area contributed by atoms with Crippen molar-refractivity contribution in [1.29, 1.82) is 0 Å². The van der Waals surface area contributed by atoms with E-state index in [1.54, 1.807) is 0 Å². The van der Waals surface area contributed by atoms with E-state index in [-0.39, 0.29) is 0 Å². The summed E-state index contributed by atoms with van der Waals surface area (Å²) in [5.74, 6) is 0.675. The number of piperidine rings is 1. The van der Waals surface area contributed by atoms with Crippen molar-refractivity contribution < 1.29 is 0 Å². The lowest BCUT2D eigenvalue weighted by atomic mass is 10.0. The molecule has 1 atom stereocenters. The van der Waals surface area contributed by atoms with Crippen molar-refractivity contribution in [2.45, 2.75) is 39.3 Å². The van der Waals surface area contributed by atoms with Crippen LogP contribution < -0.4 is 10.2 Å². The molecule has 0 spiro atoms. The molecule has 0 bridgehead atoms. The van der Waals surface area contributed by atoms with Crippen molar-refractivity contribution in [3.05, 3.63) is 24.0 Å². The van der Waals surface area contributed by atoms with Gasteiger partial charge in [-0.1, -0.05) is 13.8 Å². The van der Waals surface area contributed by atoms with E-state index < -0.39 is 0 Å². The van der Waals surface area contributed by atoms with E-state index in [0.717, 1.165) is 25.3 Å². The van der Waals surface area contributed by atoms with Gasteiger partial charge in [-0.2, -0.15) is 0 Å². The van der Waals surface area contributed by atoms with Gasteiger partial charge in [-0.25, -0.2) is 0 Å². The Morgan fingerprint density at radius 3 is 3.00 bits per heavy atom. The fraction of sp³-hybridized carbons (Fsp3) is 0.706. The average Bonchev–Trinajstić information content (AvgIpc) is 2.46. The first-order chi connectivity index (χ1) is 10.1. The zero-order valence-electron chi connectivity index (χ0n) is 14.0. The van der Waals surface area contributed by atoms with Crippen molar-refractivity contribution >= 4 is 5.69 Å². The van der Waals surface area contributed by atoms with E-state index in [4.69, 9.17) is 0 Å². The molecule has 0 aliphatic carbocycles. The topological polar surface area (TPSA) is 31.4 Å². The smallest absolute Gasteiger partial charge is 0.0562 e. The quantitative estimate of drug-likeness (QED) is 0.871. The van der Waals surface area contributed by atoms with Crippen LogP contribution in [-0.2, 0) is 6.54 Å². The molecule has 21 heavy (non-hydrogen) atoms. The van der Waals surface area contributed by atoms with Gasteiger partial charge >= 0.3 is 0 Å². The molecule has 1 aliphatic heterocycles. The molecule has 2 rings (SSSR count). The SMILES string of the molecule is CC(C)CNCc1cc(N(C)C2CCCN(C)C2)ccn1. The number of anilines is 1. The van der Waals surface area contributed by atoms with Crippen LogP contribution in [0.5, 0.6) is 0 Å². The van der Waals surface area contributed by atoms with Gasteiger partial charge in [0.05, 0.1) is 5.69 Å². The molecular weight excluding hydrogens is 260 g/mol. The van der Waals surface area contributed by atoms with Crippen LogP contribution in [-0.4, -0.2) is 49.7 Å². The summed E-state index contributed by atoms with van der Waals surface area (Å²) in [6, 6.07) is 4.96. The molecule has 4 nitrogen and oxygen atoms in total. The Balaban J connectivity index is 1.95. The van der Waals surface area contributed by atoms with Crippen molar-refractivity contribution in [2.75, 3.05) is 38.6 Å². The zero-order chi connectivity index (χ0) is 15.2. The van der Waals surface area contributed by atoms with Crippen molar-refractivity contribution in [3.63, 3.8) is 0 Å². The summed E-state index contributed by atoms with van der Waals surface area (Å²) in [7, 11) is 4.43. The molecule has 1 fully saturated rings. The molecular formula is C17H30N4. The highest BCUT2D eigenvalue weighted by atomic mass is 15.2. The second-order valence-corrected chi connectivity index (χ2v) is 6.70. The van der Waals surface area contributed by atoms with Crippen LogP contribution in [0, 0.1) is 5.92 Å². The molecule has 1 aromatic rings. The number of nitrogens with one attached hydrogen (secondary N) is 1. The third-order valence-corrected chi connectivity index (χ3v) is 4.21. The Hall–Kier alpha value is -1.13.